The van der Waals surface area contributed by atoms with Crippen LogP contribution in [0.25, 0.3) is 0 Å². The number of hydrogen-bond acceptors (Lipinski definition) is 4. The molecule has 1 fully saturated rings. The predicted octanol–water partition coefficient (Wildman–Crippen LogP) is 2.00. The first-order chi connectivity index (χ1) is 9.02. The van der Waals surface area contributed by atoms with Gasteiger partial charge < -0.3 is 14.2 Å². The summed E-state index contributed by atoms with van der Waals surface area (Å²) in [5.74, 6) is 0.302. The number of nitrogens with zero attached hydrogens (tertiary/aromatic N) is 2. The van der Waals surface area contributed by atoms with Gasteiger partial charge in [0.1, 0.15) is 11.3 Å². The largest absolute Gasteiger partial charge is 0.360 e. The van der Waals surface area contributed by atoms with Gasteiger partial charge in [0.05, 0.1) is 11.8 Å². The molecule has 1 aromatic heterocycles. The average molecular weight is 274 g/mol. The molecule has 1 aliphatic heterocycles. The van der Waals surface area contributed by atoms with Crippen LogP contribution >= 0.6 is 0 Å². The number of halogens is 2. The van der Waals surface area contributed by atoms with Crippen LogP contribution in [0.5, 0.6) is 0 Å². The van der Waals surface area contributed by atoms with Crippen LogP contribution in [0.2, 0.25) is 0 Å². The molecular formula is C12H16F2N2O3. The number of aryl methyl sites for hydroxylation is 2. The van der Waals surface area contributed by atoms with Gasteiger partial charge in [0.2, 0.25) is 0 Å². The second-order valence-corrected chi connectivity index (χ2v) is 4.48. The first-order valence-electron chi connectivity index (χ1n) is 6.21. The number of likely N-dealkylation sites (tertiary alicyclic amines) is 1. The molecular weight excluding hydrogens is 258 g/mol. The third-order valence-electron chi connectivity index (χ3n) is 3.20. The zero-order chi connectivity index (χ0) is 14.0. The maximum absolute atomic E-state index is 12.3. The van der Waals surface area contributed by atoms with E-state index >= 15 is 0 Å². The molecule has 1 atom stereocenters. The van der Waals surface area contributed by atoms with Crippen LogP contribution in [0.1, 0.15) is 35.2 Å². The van der Waals surface area contributed by atoms with E-state index in [0.29, 0.717) is 36.4 Å². The molecule has 0 saturated carbocycles. The number of hydrogen-bond donors (Lipinski definition) is 0. The Morgan fingerprint density at radius 3 is 3.00 bits per heavy atom. The highest BCUT2D eigenvalue weighted by Crippen LogP contribution is 2.22. The number of aromatic nitrogens is 1. The molecule has 0 N–H and O–H groups in total. The minimum atomic E-state index is -2.80. The fourth-order valence-corrected chi connectivity index (χ4v) is 2.26. The number of carbonyl (C=O) groups is 1. The van der Waals surface area contributed by atoms with Crippen molar-refractivity contribution in [3.8, 4) is 0 Å². The molecule has 0 unspecified atom stereocenters. The summed E-state index contributed by atoms with van der Waals surface area (Å²) in [6.45, 7) is 1.34. The van der Waals surface area contributed by atoms with Gasteiger partial charge in [-0.1, -0.05) is 12.1 Å². The van der Waals surface area contributed by atoms with Crippen molar-refractivity contribution in [2.45, 2.75) is 39.4 Å². The number of alkyl halides is 2. The van der Waals surface area contributed by atoms with Crippen LogP contribution in [-0.2, 0) is 11.2 Å². The molecule has 0 radical (unpaired) electrons. The Bertz CT molecular complexity index is 462. The van der Waals surface area contributed by atoms with E-state index in [1.54, 1.807) is 6.92 Å². The summed E-state index contributed by atoms with van der Waals surface area (Å²) in [5, 5.41) is 3.77. The van der Waals surface area contributed by atoms with Gasteiger partial charge in [-0.3, -0.25) is 4.79 Å². The molecule has 0 spiro atoms. The van der Waals surface area contributed by atoms with E-state index in [2.05, 4.69) is 9.89 Å². The van der Waals surface area contributed by atoms with Crippen LogP contribution < -0.4 is 0 Å². The van der Waals surface area contributed by atoms with Crippen molar-refractivity contribution in [2.75, 3.05) is 13.1 Å². The SMILES string of the molecule is CCc1onc(C)c1C(=O)N1CC[C@H](OC(F)F)C1. The summed E-state index contributed by atoms with van der Waals surface area (Å²) in [5.41, 5.74) is 0.972. The van der Waals surface area contributed by atoms with Crippen LogP contribution in [0.15, 0.2) is 4.52 Å². The minimum absolute atomic E-state index is 0.178. The van der Waals surface area contributed by atoms with E-state index in [4.69, 9.17) is 4.52 Å². The number of amides is 1. The Labute approximate surface area is 109 Å². The lowest BCUT2D eigenvalue weighted by atomic mass is 10.1. The molecule has 1 saturated heterocycles. The summed E-state index contributed by atoms with van der Waals surface area (Å²) in [7, 11) is 0. The molecule has 1 aromatic rings. The van der Waals surface area contributed by atoms with Gasteiger partial charge in [-0.25, -0.2) is 0 Å². The van der Waals surface area contributed by atoms with Crippen molar-refractivity contribution < 1.29 is 22.8 Å². The van der Waals surface area contributed by atoms with Crippen LogP contribution in [0.4, 0.5) is 8.78 Å². The highest BCUT2D eigenvalue weighted by atomic mass is 19.3. The Balaban J connectivity index is 2.07. The fourth-order valence-electron chi connectivity index (χ4n) is 2.26. The van der Waals surface area contributed by atoms with Gasteiger partial charge in [0, 0.05) is 19.5 Å². The number of carbonyl (C=O) groups excluding carboxylic acids is 1. The molecule has 0 bridgehead atoms. The second kappa shape index (κ2) is 5.64. The highest BCUT2D eigenvalue weighted by Gasteiger charge is 2.32. The Morgan fingerprint density at radius 2 is 2.37 bits per heavy atom. The second-order valence-electron chi connectivity index (χ2n) is 4.48. The lowest BCUT2D eigenvalue weighted by Crippen LogP contribution is -2.31. The average Bonchev–Trinajstić information content (AvgIpc) is 2.94. The van der Waals surface area contributed by atoms with Crippen LogP contribution in [0, 0.1) is 6.92 Å². The smallest absolute Gasteiger partial charge is 0.345 e. The molecule has 1 amide bonds. The van der Waals surface area contributed by atoms with Crippen molar-refractivity contribution in [3.05, 3.63) is 17.0 Å². The van der Waals surface area contributed by atoms with Crippen molar-refractivity contribution >= 4 is 5.91 Å². The van der Waals surface area contributed by atoms with Gasteiger partial charge in [-0.2, -0.15) is 8.78 Å². The van der Waals surface area contributed by atoms with E-state index in [1.165, 1.54) is 4.90 Å². The molecule has 0 aliphatic carbocycles. The maximum Gasteiger partial charge on any atom is 0.345 e. The molecule has 1 aliphatic rings. The monoisotopic (exact) mass is 274 g/mol. The normalized spacial score (nSPS) is 19.4. The molecule has 5 nitrogen and oxygen atoms in total. The molecule has 106 valence electrons. The van der Waals surface area contributed by atoms with E-state index in [9.17, 15) is 13.6 Å². The Morgan fingerprint density at radius 1 is 1.63 bits per heavy atom. The van der Waals surface area contributed by atoms with Crippen molar-refractivity contribution in [1.29, 1.82) is 0 Å². The van der Waals surface area contributed by atoms with Crippen LogP contribution in [-0.4, -0.2) is 41.8 Å². The molecule has 19 heavy (non-hydrogen) atoms. The third kappa shape index (κ3) is 2.91. The summed E-state index contributed by atoms with van der Waals surface area (Å²) in [4.78, 5) is 13.8. The molecule has 7 heteroatoms. The first-order valence-corrected chi connectivity index (χ1v) is 6.21. The van der Waals surface area contributed by atoms with Gasteiger partial charge >= 0.3 is 6.61 Å². The minimum Gasteiger partial charge on any atom is -0.360 e. The summed E-state index contributed by atoms with van der Waals surface area (Å²) in [6.07, 6.45) is 0.378. The lowest BCUT2D eigenvalue weighted by molar-refractivity contribution is -0.158. The van der Waals surface area contributed by atoms with Crippen molar-refractivity contribution in [2.24, 2.45) is 0 Å². The zero-order valence-corrected chi connectivity index (χ0v) is 10.9. The van der Waals surface area contributed by atoms with E-state index in [1.807, 2.05) is 6.92 Å². The van der Waals surface area contributed by atoms with Crippen molar-refractivity contribution in [3.63, 3.8) is 0 Å². The van der Waals surface area contributed by atoms with Gasteiger partial charge in [0.25, 0.3) is 5.91 Å². The summed E-state index contributed by atoms with van der Waals surface area (Å²) < 4.78 is 33.7. The Kier molecular flexibility index (Phi) is 4.14. The Hall–Kier alpha value is -1.50. The first kappa shape index (κ1) is 13.9. The third-order valence-corrected chi connectivity index (χ3v) is 3.20. The standard InChI is InChI=1S/C12H16F2N2O3/c1-3-9-10(7(2)15-19-9)11(17)16-5-4-8(6-16)18-12(13)14/h8,12H,3-6H2,1-2H3/t8-/m0/s1. The quantitative estimate of drug-likeness (QED) is 0.842. The maximum atomic E-state index is 12.3. The topological polar surface area (TPSA) is 55.6 Å². The molecule has 2 rings (SSSR count). The number of rotatable bonds is 4. The van der Waals surface area contributed by atoms with Gasteiger partial charge in [-0.05, 0) is 13.3 Å². The van der Waals surface area contributed by atoms with Gasteiger partial charge in [-0.15, -0.1) is 0 Å². The van der Waals surface area contributed by atoms with Crippen molar-refractivity contribution in [1.82, 2.24) is 10.1 Å². The summed E-state index contributed by atoms with van der Waals surface area (Å²) >= 11 is 0. The lowest BCUT2D eigenvalue weighted by Gasteiger charge is -2.16. The molecule has 0 aromatic carbocycles. The highest BCUT2D eigenvalue weighted by molar-refractivity contribution is 5.96. The summed E-state index contributed by atoms with van der Waals surface area (Å²) in [6, 6.07) is 0. The van der Waals surface area contributed by atoms with E-state index in [0.717, 1.165) is 0 Å². The number of ether oxygens (including phenoxy) is 1. The predicted molar refractivity (Wildman–Crippen MR) is 62.0 cm³/mol. The zero-order valence-electron chi connectivity index (χ0n) is 10.9. The fraction of sp³-hybridized carbons (Fsp3) is 0.667. The van der Waals surface area contributed by atoms with Crippen LogP contribution in [0.3, 0.4) is 0 Å². The molecule has 2 heterocycles. The van der Waals surface area contributed by atoms with E-state index < -0.39 is 12.7 Å². The van der Waals surface area contributed by atoms with E-state index in [-0.39, 0.29) is 12.5 Å². The van der Waals surface area contributed by atoms with Gasteiger partial charge in [0.15, 0.2) is 0 Å².